The molecular formula is C21H35N5O. The van der Waals surface area contributed by atoms with Crippen molar-refractivity contribution in [2.45, 2.75) is 32.1 Å². The zero-order valence-corrected chi connectivity index (χ0v) is 16.8. The van der Waals surface area contributed by atoms with Crippen LogP contribution in [0.1, 0.15) is 32.1 Å². The van der Waals surface area contributed by atoms with Crippen LogP contribution in [0.15, 0.2) is 29.3 Å². The van der Waals surface area contributed by atoms with Crippen LogP contribution in [0.2, 0.25) is 0 Å². The summed E-state index contributed by atoms with van der Waals surface area (Å²) in [6.07, 6.45) is 6.22. The third-order valence-corrected chi connectivity index (χ3v) is 5.65. The number of hydrogen-bond acceptors (Lipinski definition) is 4. The fourth-order valence-corrected chi connectivity index (χ4v) is 3.91. The SMILES string of the molecule is COc1ccc(N2CCN(CCCN=C(N)N3CCCCCC3)CC2)cc1. The molecule has 0 radical (unpaired) electrons. The van der Waals surface area contributed by atoms with Gasteiger partial charge in [0.25, 0.3) is 0 Å². The molecule has 6 nitrogen and oxygen atoms in total. The summed E-state index contributed by atoms with van der Waals surface area (Å²) in [5.41, 5.74) is 7.47. The van der Waals surface area contributed by atoms with Crippen molar-refractivity contribution < 1.29 is 4.74 Å². The molecule has 0 aliphatic carbocycles. The Labute approximate surface area is 164 Å². The van der Waals surface area contributed by atoms with Crippen LogP contribution in [0.5, 0.6) is 5.75 Å². The minimum absolute atomic E-state index is 0.751. The van der Waals surface area contributed by atoms with Gasteiger partial charge in [0, 0.05) is 58.0 Å². The van der Waals surface area contributed by atoms with Gasteiger partial charge >= 0.3 is 0 Å². The van der Waals surface area contributed by atoms with Crippen LogP contribution in [0.3, 0.4) is 0 Å². The van der Waals surface area contributed by atoms with E-state index in [2.05, 4.69) is 31.8 Å². The number of anilines is 1. The van der Waals surface area contributed by atoms with Crippen molar-refractivity contribution in [2.75, 3.05) is 64.4 Å². The minimum Gasteiger partial charge on any atom is -0.497 e. The zero-order valence-electron chi connectivity index (χ0n) is 16.8. The van der Waals surface area contributed by atoms with E-state index in [1.165, 1.54) is 31.4 Å². The number of guanidine groups is 1. The number of hydrogen-bond donors (Lipinski definition) is 1. The zero-order chi connectivity index (χ0) is 18.9. The maximum Gasteiger partial charge on any atom is 0.191 e. The fourth-order valence-electron chi connectivity index (χ4n) is 3.91. The molecule has 2 saturated heterocycles. The largest absolute Gasteiger partial charge is 0.497 e. The Hall–Kier alpha value is -1.95. The molecule has 1 aromatic rings. The third kappa shape index (κ3) is 6.03. The molecule has 3 rings (SSSR count). The molecule has 2 fully saturated rings. The molecule has 0 bridgehead atoms. The normalized spacial score (nSPS) is 19.8. The maximum atomic E-state index is 6.19. The highest BCUT2D eigenvalue weighted by Gasteiger charge is 2.17. The number of nitrogens with two attached hydrogens (primary N) is 1. The average molecular weight is 374 g/mol. The first kappa shape index (κ1) is 19.8. The van der Waals surface area contributed by atoms with Gasteiger partial charge in [-0.3, -0.25) is 9.89 Å². The van der Waals surface area contributed by atoms with Gasteiger partial charge in [0.2, 0.25) is 0 Å². The number of benzene rings is 1. The fraction of sp³-hybridized carbons (Fsp3) is 0.667. The van der Waals surface area contributed by atoms with Crippen LogP contribution in [0.4, 0.5) is 5.69 Å². The van der Waals surface area contributed by atoms with Gasteiger partial charge < -0.3 is 20.3 Å². The Morgan fingerprint density at radius 1 is 0.963 bits per heavy atom. The molecule has 0 atom stereocenters. The highest BCUT2D eigenvalue weighted by atomic mass is 16.5. The van der Waals surface area contributed by atoms with E-state index in [-0.39, 0.29) is 0 Å². The lowest BCUT2D eigenvalue weighted by atomic mass is 10.2. The maximum absolute atomic E-state index is 6.19. The van der Waals surface area contributed by atoms with Gasteiger partial charge in [0.15, 0.2) is 5.96 Å². The molecule has 0 amide bonds. The molecule has 2 aliphatic rings. The van der Waals surface area contributed by atoms with E-state index >= 15 is 0 Å². The lowest BCUT2D eigenvalue weighted by Gasteiger charge is -2.36. The molecule has 0 spiro atoms. The summed E-state index contributed by atoms with van der Waals surface area (Å²) >= 11 is 0. The smallest absolute Gasteiger partial charge is 0.191 e. The van der Waals surface area contributed by atoms with Gasteiger partial charge in [-0.25, -0.2) is 0 Å². The quantitative estimate of drug-likeness (QED) is 0.471. The summed E-state index contributed by atoms with van der Waals surface area (Å²) in [4.78, 5) is 11.9. The standard InChI is InChI=1S/C21H35N5O/c1-27-20-9-7-19(8-10-20)25-17-15-24(16-18-25)12-6-11-23-21(22)26-13-4-2-3-5-14-26/h7-10H,2-6,11-18H2,1H3,(H2,22,23). The summed E-state index contributed by atoms with van der Waals surface area (Å²) in [7, 11) is 1.71. The summed E-state index contributed by atoms with van der Waals surface area (Å²) < 4.78 is 5.24. The minimum atomic E-state index is 0.751. The van der Waals surface area contributed by atoms with Crippen LogP contribution < -0.4 is 15.4 Å². The lowest BCUT2D eigenvalue weighted by Crippen LogP contribution is -2.46. The van der Waals surface area contributed by atoms with E-state index in [1.807, 2.05) is 12.1 Å². The topological polar surface area (TPSA) is 57.3 Å². The Morgan fingerprint density at radius 2 is 1.63 bits per heavy atom. The number of ether oxygens (including phenoxy) is 1. The van der Waals surface area contributed by atoms with Crippen molar-refractivity contribution in [2.24, 2.45) is 10.7 Å². The molecule has 27 heavy (non-hydrogen) atoms. The predicted molar refractivity (Wildman–Crippen MR) is 113 cm³/mol. The molecule has 2 N–H and O–H groups in total. The van der Waals surface area contributed by atoms with Crippen molar-refractivity contribution in [3.8, 4) is 5.75 Å². The summed E-state index contributed by atoms with van der Waals surface area (Å²) in [6, 6.07) is 8.37. The molecule has 2 aliphatic heterocycles. The number of aliphatic imine (C=N–C) groups is 1. The van der Waals surface area contributed by atoms with E-state index in [4.69, 9.17) is 10.5 Å². The second kappa shape index (κ2) is 10.4. The lowest BCUT2D eigenvalue weighted by molar-refractivity contribution is 0.256. The van der Waals surface area contributed by atoms with Gasteiger partial charge in [-0.05, 0) is 43.5 Å². The summed E-state index contributed by atoms with van der Waals surface area (Å²) in [5.74, 6) is 1.67. The van der Waals surface area contributed by atoms with Crippen LogP contribution in [0.25, 0.3) is 0 Å². The first-order valence-corrected chi connectivity index (χ1v) is 10.4. The molecule has 6 heteroatoms. The van der Waals surface area contributed by atoms with Gasteiger partial charge in [-0.2, -0.15) is 0 Å². The molecular weight excluding hydrogens is 338 g/mol. The molecule has 1 aromatic carbocycles. The van der Waals surface area contributed by atoms with Crippen molar-refractivity contribution in [3.63, 3.8) is 0 Å². The molecule has 2 heterocycles. The second-order valence-corrected chi connectivity index (χ2v) is 7.52. The number of piperazine rings is 1. The summed E-state index contributed by atoms with van der Waals surface area (Å²) in [5, 5.41) is 0. The first-order chi connectivity index (χ1) is 13.3. The Balaban J connectivity index is 1.35. The Bertz CT molecular complexity index is 573. The van der Waals surface area contributed by atoms with Gasteiger partial charge in [0.1, 0.15) is 5.75 Å². The van der Waals surface area contributed by atoms with Crippen molar-refractivity contribution in [1.29, 1.82) is 0 Å². The third-order valence-electron chi connectivity index (χ3n) is 5.65. The van der Waals surface area contributed by atoms with Crippen molar-refractivity contribution >= 4 is 11.6 Å². The van der Waals surface area contributed by atoms with Crippen LogP contribution >= 0.6 is 0 Å². The number of likely N-dealkylation sites (tertiary alicyclic amines) is 1. The van der Waals surface area contributed by atoms with Gasteiger partial charge in [0.05, 0.1) is 7.11 Å². The van der Waals surface area contributed by atoms with Crippen molar-refractivity contribution in [1.82, 2.24) is 9.80 Å². The van der Waals surface area contributed by atoms with E-state index in [0.29, 0.717) is 0 Å². The second-order valence-electron chi connectivity index (χ2n) is 7.52. The number of nitrogens with zero attached hydrogens (tertiary/aromatic N) is 4. The molecule has 150 valence electrons. The van der Waals surface area contributed by atoms with Crippen molar-refractivity contribution in [3.05, 3.63) is 24.3 Å². The highest BCUT2D eigenvalue weighted by Crippen LogP contribution is 2.20. The predicted octanol–water partition coefficient (Wildman–Crippen LogP) is 2.40. The molecule has 0 aromatic heterocycles. The van der Waals surface area contributed by atoms with E-state index < -0.39 is 0 Å². The molecule has 0 unspecified atom stereocenters. The first-order valence-electron chi connectivity index (χ1n) is 10.4. The van der Waals surface area contributed by atoms with Gasteiger partial charge in [-0.1, -0.05) is 12.8 Å². The Morgan fingerprint density at radius 3 is 2.26 bits per heavy atom. The average Bonchev–Trinajstić information content (AvgIpc) is 3.01. The summed E-state index contributed by atoms with van der Waals surface area (Å²) in [6.45, 7) is 8.45. The monoisotopic (exact) mass is 373 g/mol. The number of methoxy groups -OCH3 is 1. The van der Waals surface area contributed by atoms with Crippen LogP contribution in [0, 0.1) is 0 Å². The Kier molecular flexibility index (Phi) is 7.63. The molecule has 0 saturated carbocycles. The van der Waals surface area contributed by atoms with E-state index in [9.17, 15) is 0 Å². The number of rotatable bonds is 6. The van der Waals surface area contributed by atoms with Crippen LogP contribution in [-0.2, 0) is 0 Å². The van der Waals surface area contributed by atoms with Gasteiger partial charge in [-0.15, -0.1) is 0 Å². The highest BCUT2D eigenvalue weighted by molar-refractivity contribution is 5.78. The van der Waals surface area contributed by atoms with E-state index in [0.717, 1.165) is 70.5 Å². The van der Waals surface area contributed by atoms with Crippen LogP contribution in [-0.4, -0.2) is 75.2 Å². The van der Waals surface area contributed by atoms with E-state index in [1.54, 1.807) is 7.11 Å².